The highest BCUT2D eigenvalue weighted by molar-refractivity contribution is 5.80. The minimum Gasteiger partial charge on any atom is -0.381 e. The molecule has 1 atom stereocenters. The number of ether oxygens (including phenoxy) is 1. The van der Waals surface area contributed by atoms with Crippen LogP contribution in [-0.4, -0.2) is 51.9 Å². The average molecular weight is 381 g/mol. The van der Waals surface area contributed by atoms with Gasteiger partial charge in [-0.05, 0) is 37.0 Å². The van der Waals surface area contributed by atoms with Crippen molar-refractivity contribution in [1.29, 1.82) is 0 Å². The summed E-state index contributed by atoms with van der Waals surface area (Å²) in [4.78, 5) is 6.78. The van der Waals surface area contributed by atoms with E-state index in [9.17, 15) is 0 Å². The molecule has 3 rings (SSSR count). The van der Waals surface area contributed by atoms with Crippen LogP contribution < -0.4 is 15.5 Å². The molecule has 28 heavy (non-hydrogen) atoms. The Bertz CT molecular complexity index is 705. The van der Waals surface area contributed by atoms with Gasteiger partial charge in [-0.25, -0.2) is 0 Å². The van der Waals surface area contributed by atoms with Crippen LogP contribution in [0.25, 0.3) is 0 Å². The number of benzene rings is 2. The van der Waals surface area contributed by atoms with Gasteiger partial charge in [-0.3, -0.25) is 4.99 Å². The van der Waals surface area contributed by atoms with Gasteiger partial charge >= 0.3 is 0 Å². The van der Waals surface area contributed by atoms with E-state index in [1.807, 2.05) is 13.1 Å². The summed E-state index contributed by atoms with van der Waals surface area (Å²) >= 11 is 0. The first kappa shape index (κ1) is 20.2. The van der Waals surface area contributed by atoms with Crippen molar-refractivity contribution in [3.63, 3.8) is 0 Å². The van der Waals surface area contributed by atoms with Gasteiger partial charge in [0.1, 0.15) is 0 Å². The molecule has 0 bridgehead atoms. The third kappa shape index (κ3) is 6.57. The van der Waals surface area contributed by atoms with Crippen molar-refractivity contribution in [3.05, 3.63) is 66.2 Å². The summed E-state index contributed by atoms with van der Waals surface area (Å²) in [6.07, 6.45) is 3.06. The Kier molecular flexibility index (Phi) is 8.19. The third-order valence-electron chi connectivity index (χ3n) is 5.01. The molecule has 150 valence electrons. The van der Waals surface area contributed by atoms with E-state index in [1.165, 1.54) is 11.3 Å². The number of hydrogen-bond acceptors (Lipinski definition) is 3. The first-order valence-corrected chi connectivity index (χ1v) is 10.2. The predicted octanol–water partition coefficient (Wildman–Crippen LogP) is 3.08. The van der Waals surface area contributed by atoms with E-state index in [2.05, 4.69) is 75.1 Å². The van der Waals surface area contributed by atoms with Crippen LogP contribution in [0.1, 0.15) is 18.4 Å². The molecule has 0 saturated carbocycles. The van der Waals surface area contributed by atoms with E-state index in [0.29, 0.717) is 6.04 Å². The summed E-state index contributed by atoms with van der Waals surface area (Å²) in [5.74, 6) is 0.879. The van der Waals surface area contributed by atoms with Crippen LogP contribution in [0.5, 0.6) is 0 Å². The van der Waals surface area contributed by atoms with Crippen molar-refractivity contribution in [2.45, 2.75) is 25.3 Å². The lowest BCUT2D eigenvalue weighted by atomic mass is 10.2. The fraction of sp³-hybridized carbons (Fsp3) is 0.435. The van der Waals surface area contributed by atoms with E-state index >= 15 is 0 Å². The van der Waals surface area contributed by atoms with Gasteiger partial charge in [0.05, 0.1) is 6.61 Å². The maximum absolute atomic E-state index is 5.74. The Morgan fingerprint density at radius 1 is 1.07 bits per heavy atom. The average Bonchev–Trinajstić information content (AvgIpc) is 3.22. The van der Waals surface area contributed by atoms with Crippen LogP contribution >= 0.6 is 0 Å². The van der Waals surface area contributed by atoms with Gasteiger partial charge in [-0.2, -0.15) is 0 Å². The minimum absolute atomic E-state index is 0.425. The molecule has 5 nitrogen and oxygen atoms in total. The number of nitrogens with zero attached hydrogens (tertiary/aromatic N) is 2. The van der Waals surface area contributed by atoms with Crippen molar-refractivity contribution in [2.75, 3.05) is 44.8 Å². The van der Waals surface area contributed by atoms with Gasteiger partial charge in [0.2, 0.25) is 0 Å². The molecule has 0 aromatic heterocycles. The quantitative estimate of drug-likeness (QED) is 0.399. The molecule has 1 unspecified atom stereocenters. The van der Waals surface area contributed by atoms with Crippen molar-refractivity contribution in [2.24, 2.45) is 4.99 Å². The molecular weight excluding hydrogens is 348 g/mol. The standard InChI is InChI=1S/C23H32N4O/c1-24-23(25-15-8-17-28-18-14-20-9-4-2-5-10-20)26-21-13-16-27(19-21)22-11-6-3-7-12-22/h2-7,9-12,21H,8,13-19H2,1H3,(H2,24,25,26). The Morgan fingerprint density at radius 2 is 1.82 bits per heavy atom. The second kappa shape index (κ2) is 11.3. The van der Waals surface area contributed by atoms with Crippen LogP contribution in [0.3, 0.4) is 0 Å². The maximum atomic E-state index is 5.74. The molecule has 0 amide bonds. The van der Waals surface area contributed by atoms with E-state index in [1.54, 1.807) is 0 Å². The Balaban J connectivity index is 1.27. The monoisotopic (exact) mass is 380 g/mol. The topological polar surface area (TPSA) is 48.9 Å². The van der Waals surface area contributed by atoms with Gasteiger partial charge in [0.25, 0.3) is 0 Å². The summed E-state index contributed by atoms with van der Waals surface area (Å²) in [5, 5.41) is 6.95. The Morgan fingerprint density at radius 3 is 2.57 bits per heavy atom. The minimum atomic E-state index is 0.425. The van der Waals surface area contributed by atoms with Crippen molar-refractivity contribution >= 4 is 11.6 Å². The molecule has 2 N–H and O–H groups in total. The summed E-state index contributed by atoms with van der Waals surface area (Å²) in [5.41, 5.74) is 2.62. The Labute approximate surface area is 168 Å². The number of anilines is 1. The normalized spacial score (nSPS) is 17.0. The molecule has 1 heterocycles. The number of guanidine groups is 1. The number of nitrogens with one attached hydrogen (secondary N) is 2. The molecule has 0 aliphatic carbocycles. The second-order valence-corrected chi connectivity index (χ2v) is 7.11. The lowest BCUT2D eigenvalue weighted by Gasteiger charge is -2.20. The van der Waals surface area contributed by atoms with Crippen LogP contribution in [0.2, 0.25) is 0 Å². The fourth-order valence-corrected chi connectivity index (χ4v) is 3.46. The van der Waals surface area contributed by atoms with E-state index in [4.69, 9.17) is 4.74 Å². The highest BCUT2D eigenvalue weighted by atomic mass is 16.5. The SMILES string of the molecule is CN=C(NCCCOCCc1ccccc1)NC1CCN(c2ccccc2)C1. The lowest BCUT2D eigenvalue weighted by molar-refractivity contribution is 0.135. The molecule has 0 radical (unpaired) electrons. The lowest BCUT2D eigenvalue weighted by Crippen LogP contribution is -2.45. The maximum Gasteiger partial charge on any atom is 0.191 e. The molecule has 1 aliphatic heterocycles. The largest absolute Gasteiger partial charge is 0.381 e. The van der Waals surface area contributed by atoms with Gasteiger partial charge < -0.3 is 20.3 Å². The molecule has 1 saturated heterocycles. The first-order chi connectivity index (χ1) is 13.8. The smallest absolute Gasteiger partial charge is 0.191 e. The van der Waals surface area contributed by atoms with E-state index in [0.717, 1.165) is 58.1 Å². The van der Waals surface area contributed by atoms with E-state index < -0.39 is 0 Å². The summed E-state index contributed by atoms with van der Waals surface area (Å²) in [6.45, 7) is 4.48. The van der Waals surface area contributed by atoms with Crippen LogP contribution in [-0.2, 0) is 11.2 Å². The fourth-order valence-electron chi connectivity index (χ4n) is 3.46. The number of hydrogen-bond donors (Lipinski definition) is 2. The number of rotatable bonds is 9. The third-order valence-corrected chi connectivity index (χ3v) is 5.01. The molecule has 1 aliphatic rings. The summed E-state index contributed by atoms with van der Waals surface area (Å²) < 4.78 is 5.74. The molecule has 2 aromatic carbocycles. The highest BCUT2D eigenvalue weighted by Gasteiger charge is 2.23. The van der Waals surface area contributed by atoms with E-state index in [-0.39, 0.29) is 0 Å². The van der Waals surface area contributed by atoms with Gasteiger partial charge in [-0.15, -0.1) is 0 Å². The van der Waals surface area contributed by atoms with Gasteiger partial charge in [0.15, 0.2) is 5.96 Å². The molecule has 1 fully saturated rings. The zero-order valence-corrected chi connectivity index (χ0v) is 16.8. The summed E-state index contributed by atoms with van der Waals surface area (Å²) in [6, 6.07) is 21.5. The zero-order chi connectivity index (χ0) is 19.4. The van der Waals surface area contributed by atoms with Crippen LogP contribution in [0.4, 0.5) is 5.69 Å². The molecule has 5 heteroatoms. The highest BCUT2D eigenvalue weighted by Crippen LogP contribution is 2.19. The van der Waals surface area contributed by atoms with Crippen molar-refractivity contribution in [3.8, 4) is 0 Å². The van der Waals surface area contributed by atoms with Crippen LogP contribution in [0.15, 0.2) is 65.7 Å². The van der Waals surface area contributed by atoms with Gasteiger partial charge in [0, 0.05) is 45.0 Å². The van der Waals surface area contributed by atoms with Crippen LogP contribution in [0, 0.1) is 0 Å². The first-order valence-electron chi connectivity index (χ1n) is 10.2. The zero-order valence-electron chi connectivity index (χ0n) is 16.8. The molecule has 0 spiro atoms. The molecular formula is C23H32N4O. The molecule has 2 aromatic rings. The summed E-state index contributed by atoms with van der Waals surface area (Å²) in [7, 11) is 1.83. The Hall–Kier alpha value is -2.53. The van der Waals surface area contributed by atoms with Gasteiger partial charge in [-0.1, -0.05) is 48.5 Å². The number of para-hydroxylation sites is 1. The van der Waals surface area contributed by atoms with Crippen molar-refractivity contribution < 1.29 is 4.74 Å². The second-order valence-electron chi connectivity index (χ2n) is 7.11. The predicted molar refractivity (Wildman–Crippen MR) is 117 cm³/mol. The van der Waals surface area contributed by atoms with Crippen molar-refractivity contribution in [1.82, 2.24) is 10.6 Å². The number of aliphatic imine (C=N–C) groups is 1.